The van der Waals surface area contributed by atoms with Gasteiger partial charge in [0.05, 0.1) is 6.61 Å². The van der Waals surface area contributed by atoms with Crippen LogP contribution in [0.2, 0.25) is 0 Å². The van der Waals surface area contributed by atoms with Crippen molar-refractivity contribution in [2.75, 3.05) is 13.2 Å². The number of rotatable bonds is 6. The van der Waals surface area contributed by atoms with Gasteiger partial charge in [0.25, 0.3) is 0 Å². The first kappa shape index (κ1) is 19.7. The summed E-state index contributed by atoms with van der Waals surface area (Å²) in [6, 6.07) is 3.21. The third-order valence-corrected chi connectivity index (χ3v) is 5.35. The number of nitrogens with two attached hydrogens (primary N) is 1. The summed E-state index contributed by atoms with van der Waals surface area (Å²) in [4.78, 5) is 0.187. The van der Waals surface area contributed by atoms with E-state index < -0.39 is 10.0 Å². The SMILES string of the molecule is CC(C)CC(CN)NS(=O)(=O)c1cc(Br)cc2c1OCC2.Cl. The minimum absolute atomic E-state index is 0. The molecule has 0 radical (unpaired) electrons. The van der Waals surface area contributed by atoms with Crippen LogP contribution in [0.5, 0.6) is 5.75 Å². The molecule has 5 nitrogen and oxygen atoms in total. The summed E-state index contributed by atoms with van der Waals surface area (Å²) in [6.45, 7) is 4.86. The molecule has 0 bridgehead atoms. The predicted octanol–water partition coefficient (Wildman–Crippen LogP) is 2.46. The standard InChI is InChI=1S/C14H21BrN2O3S.ClH/c1-9(2)5-12(8-16)17-21(18,19)13-7-11(15)6-10-3-4-20-14(10)13;/h6-7,9,12,17H,3-5,8,16H2,1-2H3;1H. The Morgan fingerprint density at radius 2 is 2.09 bits per heavy atom. The average Bonchev–Trinajstić information content (AvgIpc) is 2.83. The van der Waals surface area contributed by atoms with E-state index in [1.54, 1.807) is 6.07 Å². The van der Waals surface area contributed by atoms with Gasteiger partial charge in [0, 0.05) is 29.0 Å². The first-order valence-corrected chi connectivity index (χ1v) is 9.28. The summed E-state index contributed by atoms with van der Waals surface area (Å²) in [5.41, 5.74) is 6.60. The summed E-state index contributed by atoms with van der Waals surface area (Å²) in [6.07, 6.45) is 1.43. The summed E-state index contributed by atoms with van der Waals surface area (Å²) in [5, 5.41) is 0. The number of nitrogens with one attached hydrogen (secondary N) is 1. The Morgan fingerprint density at radius 1 is 1.41 bits per heavy atom. The summed E-state index contributed by atoms with van der Waals surface area (Å²) in [5.74, 6) is 0.830. The second-order valence-electron chi connectivity index (χ2n) is 5.67. The smallest absolute Gasteiger partial charge is 0.244 e. The number of halogens is 2. The van der Waals surface area contributed by atoms with Crippen LogP contribution in [0.15, 0.2) is 21.5 Å². The van der Waals surface area contributed by atoms with E-state index in [-0.39, 0.29) is 29.9 Å². The molecule has 2 rings (SSSR count). The Bertz CT molecular complexity index is 623. The maximum absolute atomic E-state index is 12.6. The lowest BCUT2D eigenvalue weighted by Gasteiger charge is -2.19. The number of fused-ring (bicyclic) bond motifs is 1. The molecule has 0 fully saturated rings. The van der Waals surface area contributed by atoms with Crippen LogP contribution in [0.25, 0.3) is 0 Å². The fourth-order valence-electron chi connectivity index (χ4n) is 2.48. The molecule has 1 aliphatic heterocycles. The van der Waals surface area contributed by atoms with E-state index in [9.17, 15) is 8.42 Å². The maximum atomic E-state index is 12.6. The molecule has 1 aliphatic rings. The van der Waals surface area contributed by atoms with E-state index in [1.807, 2.05) is 19.9 Å². The fourth-order valence-corrected chi connectivity index (χ4v) is 4.61. The summed E-state index contributed by atoms with van der Waals surface area (Å²) >= 11 is 3.36. The van der Waals surface area contributed by atoms with Gasteiger partial charge in [0.2, 0.25) is 10.0 Å². The fraction of sp³-hybridized carbons (Fsp3) is 0.571. The van der Waals surface area contributed by atoms with Crippen LogP contribution in [-0.2, 0) is 16.4 Å². The lowest BCUT2D eigenvalue weighted by Crippen LogP contribution is -2.41. The molecule has 0 spiro atoms. The number of sulfonamides is 1. The molecule has 1 atom stereocenters. The van der Waals surface area contributed by atoms with Gasteiger partial charge in [0.1, 0.15) is 10.6 Å². The number of benzene rings is 1. The second kappa shape index (κ2) is 7.97. The van der Waals surface area contributed by atoms with Crippen molar-refractivity contribution in [1.29, 1.82) is 0 Å². The van der Waals surface area contributed by atoms with Gasteiger partial charge >= 0.3 is 0 Å². The minimum Gasteiger partial charge on any atom is -0.492 e. The van der Waals surface area contributed by atoms with Crippen LogP contribution in [0.3, 0.4) is 0 Å². The van der Waals surface area contributed by atoms with Crippen molar-refractivity contribution in [1.82, 2.24) is 4.72 Å². The topological polar surface area (TPSA) is 81.4 Å². The molecule has 3 N–H and O–H groups in total. The molecule has 0 aliphatic carbocycles. The first-order chi connectivity index (χ1) is 9.83. The average molecular weight is 414 g/mol. The van der Waals surface area contributed by atoms with Crippen molar-refractivity contribution in [3.63, 3.8) is 0 Å². The molecule has 22 heavy (non-hydrogen) atoms. The molecule has 0 amide bonds. The highest BCUT2D eigenvalue weighted by atomic mass is 79.9. The van der Waals surface area contributed by atoms with E-state index in [0.717, 1.165) is 16.5 Å². The third kappa shape index (κ3) is 4.58. The number of ether oxygens (including phenoxy) is 1. The Hall–Kier alpha value is -0.340. The third-order valence-electron chi connectivity index (χ3n) is 3.37. The van der Waals surface area contributed by atoms with Crippen LogP contribution < -0.4 is 15.2 Å². The molecule has 1 unspecified atom stereocenters. The van der Waals surface area contributed by atoms with E-state index in [4.69, 9.17) is 10.5 Å². The van der Waals surface area contributed by atoms with Crippen LogP contribution in [-0.4, -0.2) is 27.6 Å². The Morgan fingerprint density at radius 3 is 2.68 bits per heavy atom. The lowest BCUT2D eigenvalue weighted by atomic mass is 10.1. The van der Waals surface area contributed by atoms with Crippen LogP contribution in [0.4, 0.5) is 0 Å². The van der Waals surface area contributed by atoms with Crippen molar-refractivity contribution in [3.05, 3.63) is 22.2 Å². The van der Waals surface area contributed by atoms with Crippen LogP contribution >= 0.6 is 28.3 Å². The number of hydrogen-bond donors (Lipinski definition) is 2. The van der Waals surface area contributed by atoms with Gasteiger partial charge in [-0.25, -0.2) is 13.1 Å². The van der Waals surface area contributed by atoms with E-state index in [2.05, 4.69) is 20.7 Å². The zero-order valence-electron chi connectivity index (χ0n) is 12.6. The normalized spacial score (nSPS) is 15.1. The van der Waals surface area contributed by atoms with Gasteiger partial charge in [-0.1, -0.05) is 29.8 Å². The molecule has 8 heteroatoms. The Kier molecular flexibility index (Phi) is 7.14. The molecule has 126 valence electrons. The zero-order valence-corrected chi connectivity index (χ0v) is 15.9. The van der Waals surface area contributed by atoms with Gasteiger partial charge in [-0.3, -0.25) is 0 Å². The lowest BCUT2D eigenvalue weighted by molar-refractivity contribution is 0.348. The molecule has 1 heterocycles. The minimum atomic E-state index is -3.65. The van der Waals surface area contributed by atoms with Crippen molar-refractivity contribution in [3.8, 4) is 5.75 Å². The highest BCUT2D eigenvalue weighted by molar-refractivity contribution is 9.10. The van der Waals surface area contributed by atoms with Gasteiger partial charge in [-0.15, -0.1) is 12.4 Å². The van der Waals surface area contributed by atoms with Gasteiger partial charge in [-0.05, 0) is 24.5 Å². The van der Waals surface area contributed by atoms with Gasteiger partial charge in [0.15, 0.2) is 0 Å². The quantitative estimate of drug-likeness (QED) is 0.750. The molecule has 0 aromatic heterocycles. The molecular formula is C14H22BrClN2O3S. The van der Waals surface area contributed by atoms with Crippen LogP contribution in [0, 0.1) is 5.92 Å². The molecule has 1 aromatic rings. The predicted molar refractivity (Wildman–Crippen MR) is 93.2 cm³/mol. The van der Waals surface area contributed by atoms with E-state index >= 15 is 0 Å². The van der Waals surface area contributed by atoms with Crippen molar-refractivity contribution in [2.24, 2.45) is 11.7 Å². The highest BCUT2D eigenvalue weighted by Gasteiger charge is 2.28. The molecule has 0 saturated carbocycles. The Balaban J connectivity index is 0.00000242. The molecule has 0 saturated heterocycles. The first-order valence-electron chi connectivity index (χ1n) is 7.01. The van der Waals surface area contributed by atoms with Crippen molar-refractivity contribution < 1.29 is 13.2 Å². The maximum Gasteiger partial charge on any atom is 0.244 e. The number of hydrogen-bond acceptors (Lipinski definition) is 4. The van der Waals surface area contributed by atoms with Crippen molar-refractivity contribution in [2.45, 2.75) is 37.6 Å². The van der Waals surface area contributed by atoms with E-state index in [1.165, 1.54) is 0 Å². The van der Waals surface area contributed by atoms with Crippen LogP contribution in [0.1, 0.15) is 25.8 Å². The Labute approximate surface area is 146 Å². The van der Waals surface area contributed by atoms with Gasteiger partial charge < -0.3 is 10.5 Å². The van der Waals surface area contributed by atoms with Gasteiger partial charge in [-0.2, -0.15) is 0 Å². The second-order valence-corrected chi connectivity index (χ2v) is 8.27. The highest BCUT2D eigenvalue weighted by Crippen LogP contribution is 2.35. The monoisotopic (exact) mass is 412 g/mol. The zero-order chi connectivity index (χ0) is 15.6. The van der Waals surface area contributed by atoms with E-state index in [0.29, 0.717) is 24.7 Å². The summed E-state index contributed by atoms with van der Waals surface area (Å²) in [7, 11) is -3.65. The molecule has 1 aromatic carbocycles. The van der Waals surface area contributed by atoms with Crippen molar-refractivity contribution >= 4 is 38.4 Å². The molecular weight excluding hydrogens is 392 g/mol. The summed E-state index contributed by atoms with van der Waals surface area (Å²) < 4.78 is 34.2. The largest absolute Gasteiger partial charge is 0.492 e.